The molecule has 2 atom stereocenters. The number of carboxylic acid groups (broad SMARTS) is 1. The van der Waals surface area contributed by atoms with Crippen molar-refractivity contribution < 1.29 is 19.8 Å². The molecule has 5 heteroatoms. The number of carboxylic acids is 1. The number of carbonyl (C=O) groups excluding carboxylic acids is 1. The monoisotopic (exact) mass is 255 g/mol. The number of aliphatic carboxylic acids is 1. The summed E-state index contributed by atoms with van der Waals surface area (Å²) in [7, 11) is 1.63. The van der Waals surface area contributed by atoms with Gasteiger partial charge >= 0.3 is 5.97 Å². The second kappa shape index (κ2) is 6.00. The Labute approximate surface area is 107 Å². The van der Waals surface area contributed by atoms with Gasteiger partial charge in [-0.1, -0.05) is 12.8 Å². The molecule has 1 aliphatic carbocycles. The lowest BCUT2D eigenvalue weighted by Crippen LogP contribution is -2.46. The smallest absolute Gasteiger partial charge is 0.331 e. The van der Waals surface area contributed by atoms with E-state index in [0.29, 0.717) is 6.42 Å². The van der Waals surface area contributed by atoms with Crippen LogP contribution in [0.15, 0.2) is 11.1 Å². The van der Waals surface area contributed by atoms with Gasteiger partial charge in [0.15, 0.2) is 0 Å². The molecule has 5 nitrogen and oxygen atoms in total. The molecule has 18 heavy (non-hydrogen) atoms. The summed E-state index contributed by atoms with van der Waals surface area (Å²) in [4.78, 5) is 24.4. The Morgan fingerprint density at radius 3 is 2.17 bits per heavy atom. The van der Waals surface area contributed by atoms with Crippen molar-refractivity contribution in [2.24, 2.45) is 0 Å². The zero-order valence-electron chi connectivity index (χ0n) is 11.1. The lowest BCUT2D eigenvalue weighted by Gasteiger charge is -2.35. The molecule has 0 aromatic heterocycles. The molecule has 0 spiro atoms. The van der Waals surface area contributed by atoms with Gasteiger partial charge in [0, 0.05) is 18.2 Å². The van der Waals surface area contributed by atoms with Gasteiger partial charge in [-0.25, -0.2) is 4.79 Å². The maximum absolute atomic E-state index is 12.1. The first-order chi connectivity index (χ1) is 8.36. The highest BCUT2D eigenvalue weighted by Crippen LogP contribution is 2.23. The van der Waals surface area contributed by atoms with E-state index in [4.69, 9.17) is 5.11 Å². The fourth-order valence-corrected chi connectivity index (χ4v) is 2.28. The second-order valence-electron chi connectivity index (χ2n) is 4.89. The zero-order chi connectivity index (χ0) is 13.9. The molecular weight excluding hydrogens is 234 g/mol. The average molecular weight is 255 g/mol. The highest BCUT2D eigenvalue weighted by Gasteiger charge is 2.30. The zero-order valence-corrected chi connectivity index (χ0v) is 11.1. The van der Waals surface area contributed by atoms with Gasteiger partial charge < -0.3 is 15.1 Å². The molecule has 2 unspecified atom stereocenters. The van der Waals surface area contributed by atoms with Crippen LogP contribution >= 0.6 is 0 Å². The molecule has 0 aromatic carbocycles. The van der Waals surface area contributed by atoms with Crippen molar-refractivity contribution in [1.82, 2.24) is 4.90 Å². The third-order valence-corrected chi connectivity index (χ3v) is 3.72. The first kappa shape index (κ1) is 14.7. The quantitative estimate of drug-likeness (QED) is 0.742. The fraction of sp³-hybridized carbons (Fsp3) is 0.692. The van der Waals surface area contributed by atoms with Crippen molar-refractivity contribution in [2.75, 3.05) is 7.05 Å². The summed E-state index contributed by atoms with van der Waals surface area (Å²) in [5, 5.41) is 18.8. The van der Waals surface area contributed by atoms with Crippen LogP contribution in [0.4, 0.5) is 0 Å². The predicted octanol–water partition coefficient (Wildman–Crippen LogP) is 1.17. The number of hydrogen-bond acceptors (Lipinski definition) is 3. The van der Waals surface area contributed by atoms with Crippen molar-refractivity contribution in [2.45, 2.75) is 51.7 Å². The van der Waals surface area contributed by atoms with Gasteiger partial charge in [-0.3, -0.25) is 4.79 Å². The van der Waals surface area contributed by atoms with E-state index in [1.807, 2.05) is 0 Å². The average Bonchev–Trinajstić information content (AvgIpc) is 2.35. The van der Waals surface area contributed by atoms with E-state index in [2.05, 4.69) is 0 Å². The first-order valence-electron chi connectivity index (χ1n) is 6.22. The first-order valence-corrected chi connectivity index (χ1v) is 6.22. The summed E-state index contributed by atoms with van der Waals surface area (Å²) in [6.07, 6.45) is 2.92. The number of hydrogen-bond donors (Lipinski definition) is 2. The van der Waals surface area contributed by atoms with Crippen molar-refractivity contribution in [1.29, 1.82) is 0 Å². The number of carbonyl (C=O) groups is 2. The van der Waals surface area contributed by atoms with E-state index in [9.17, 15) is 14.7 Å². The van der Waals surface area contributed by atoms with Gasteiger partial charge in [-0.15, -0.1) is 0 Å². The van der Waals surface area contributed by atoms with E-state index in [1.54, 1.807) is 7.05 Å². The Bertz CT molecular complexity index is 375. The van der Waals surface area contributed by atoms with E-state index < -0.39 is 12.1 Å². The molecule has 0 aliphatic heterocycles. The molecule has 1 amide bonds. The Morgan fingerprint density at radius 1 is 1.11 bits per heavy atom. The molecule has 0 aromatic rings. The molecule has 0 radical (unpaired) electrons. The molecule has 1 rings (SSSR count). The minimum Gasteiger partial charge on any atom is -0.478 e. The number of likely N-dealkylation sites (N-methyl/N-ethyl adjacent to an activating group) is 1. The minimum atomic E-state index is -1.08. The fourth-order valence-electron chi connectivity index (χ4n) is 2.28. The van der Waals surface area contributed by atoms with Crippen LogP contribution in [0.5, 0.6) is 0 Å². The van der Waals surface area contributed by atoms with Crippen LogP contribution in [0.2, 0.25) is 0 Å². The highest BCUT2D eigenvalue weighted by atomic mass is 16.4. The Hall–Kier alpha value is -1.36. The summed E-state index contributed by atoms with van der Waals surface area (Å²) in [6, 6.07) is -0.206. The molecule has 0 bridgehead atoms. The molecule has 1 aliphatic rings. The predicted molar refractivity (Wildman–Crippen MR) is 67.0 cm³/mol. The Morgan fingerprint density at radius 2 is 1.67 bits per heavy atom. The summed E-state index contributed by atoms with van der Waals surface area (Å²) >= 11 is 0. The van der Waals surface area contributed by atoms with E-state index in [0.717, 1.165) is 19.3 Å². The van der Waals surface area contributed by atoms with Gasteiger partial charge in [0.25, 0.3) is 0 Å². The maximum atomic E-state index is 12.1. The van der Waals surface area contributed by atoms with Crippen LogP contribution in [0.3, 0.4) is 0 Å². The summed E-state index contributed by atoms with van der Waals surface area (Å²) in [6.45, 7) is 2.93. The van der Waals surface area contributed by atoms with Crippen molar-refractivity contribution >= 4 is 11.9 Å². The van der Waals surface area contributed by atoms with Gasteiger partial charge in [-0.05, 0) is 26.7 Å². The third kappa shape index (κ3) is 3.10. The third-order valence-electron chi connectivity index (χ3n) is 3.72. The normalized spacial score (nSPS) is 25.3. The van der Waals surface area contributed by atoms with Crippen LogP contribution < -0.4 is 0 Å². The number of aliphatic hydroxyl groups is 1. The van der Waals surface area contributed by atoms with E-state index >= 15 is 0 Å². The SMILES string of the molecule is CC(C(=O)O)=C(C)C(=O)N(C)C1CCCCC1O. The molecule has 0 saturated heterocycles. The van der Waals surface area contributed by atoms with E-state index in [1.165, 1.54) is 18.7 Å². The maximum Gasteiger partial charge on any atom is 0.331 e. The number of nitrogens with zero attached hydrogens (tertiary/aromatic N) is 1. The van der Waals surface area contributed by atoms with Gasteiger partial charge in [0.2, 0.25) is 5.91 Å². The van der Waals surface area contributed by atoms with Crippen molar-refractivity contribution in [3.8, 4) is 0 Å². The van der Waals surface area contributed by atoms with Crippen molar-refractivity contribution in [3.05, 3.63) is 11.1 Å². The number of aliphatic hydroxyl groups excluding tert-OH is 1. The van der Waals surface area contributed by atoms with Gasteiger partial charge in [0.05, 0.1) is 12.1 Å². The Kier molecular flexibility index (Phi) is 4.90. The summed E-state index contributed by atoms with van der Waals surface area (Å²) in [5.41, 5.74) is 0.278. The minimum absolute atomic E-state index is 0.0529. The largest absolute Gasteiger partial charge is 0.478 e. The standard InChI is InChI=1S/C13H21NO4/c1-8(9(2)13(17)18)12(16)14(3)10-6-4-5-7-11(10)15/h10-11,15H,4-7H2,1-3H3,(H,17,18). The molecule has 2 N–H and O–H groups in total. The van der Waals surface area contributed by atoms with Crippen LogP contribution in [-0.4, -0.2) is 46.2 Å². The van der Waals surface area contributed by atoms with Crippen LogP contribution in [0.25, 0.3) is 0 Å². The number of amides is 1. The molecule has 0 heterocycles. The molecule has 1 fully saturated rings. The topological polar surface area (TPSA) is 77.8 Å². The lowest BCUT2D eigenvalue weighted by molar-refractivity contribution is -0.135. The van der Waals surface area contributed by atoms with Crippen molar-refractivity contribution in [3.63, 3.8) is 0 Å². The Balaban J connectivity index is 2.83. The molecule has 102 valence electrons. The van der Waals surface area contributed by atoms with Gasteiger partial charge in [-0.2, -0.15) is 0 Å². The summed E-state index contributed by atoms with van der Waals surface area (Å²) in [5.74, 6) is -1.40. The van der Waals surface area contributed by atoms with Crippen LogP contribution in [-0.2, 0) is 9.59 Å². The lowest BCUT2D eigenvalue weighted by atomic mass is 9.91. The van der Waals surface area contributed by atoms with Crippen LogP contribution in [0.1, 0.15) is 39.5 Å². The molecular formula is C13H21NO4. The van der Waals surface area contributed by atoms with Gasteiger partial charge in [0.1, 0.15) is 0 Å². The second-order valence-corrected chi connectivity index (χ2v) is 4.89. The van der Waals surface area contributed by atoms with E-state index in [-0.39, 0.29) is 23.1 Å². The van der Waals surface area contributed by atoms with Crippen LogP contribution in [0, 0.1) is 0 Å². The summed E-state index contributed by atoms with van der Waals surface area (Å²) < 4.78 is 0. The number of rotatable bonds is 3. The molecule has 1 saturated carbocycles. The highest BCUT2D eigenvalue weighted by molar-refractivity contribution is 6.01.